The highest BCUT2D eigenvalue weighted by atomic mass is 16.2. The molecule has 18 heavy (non-hydrogen) atoms. The van der Waals surface area contributed by atoms with Crippen molar-refractivity contribution in [3.05, 3.63) is 0 Å². The molecule has 2 saturated carbocycles. The van der Waals surface area contributed by atoms with Gasteiger partial charge in [0.25, 0.3) is 5.91 Å². The molecule has 2 aliphatic carbocycles. The number of nitrogens with zero attached hydrogens (tertiary/aromatic N) is 1. The summed E-state index contributed by atoms with van der Waals surface area (Å²) in [6.45, 7) is 2.18. The van der Waals surface area contributed by atoms with Crippen molar-refractivity contribution in [3.8, 4) is 0 Å². The summed E-state index contributed by atoms with van der Waals surface area (Å²) in [5, 5.41) is 3.01. The number of urea groups is 1. The second-order valence-corrected chi connectivity index (χ2v) is 6.33. The van der Waals surface area contributed by atoms with Gasteiger partial charge >= 0.3 is 6.03 Å². The van der Waals surface area contributed by atoms with Gasteiger partial charge in [0.15, 0.2) is 0 Å². The van der Waals surface area contributed by atoms with E-state index >= 15 is 0 Å². The zero-order valence-electron chi connectivity index (χ0n) is 11.1. The molecule has 0 bridgehead atoms. The van der Waals surface area contributed by atoms with Crippen molar-refractivity contribution >= 4 is 11.9 Å². The van der Waals surface area contributed by atoms with Gasteiger partial charge in [0.2, 0.25) is 0 Å². The highest BCUT2D eigenvalue weighted by Gasteiger charge is 2.54. The van der Waals surface area contributed by atoms with Crippen molar-refractivity contribution in [2.45, 2.75) is 69.9 Å². The molecular formula is C14H22N2O2. The minimum Gasteiger partial charge on any atom is -0.323 e. The third-order valence-corrected chi connectivity index (χ3v) is 4.88. The fourth-order valence-electron chi connectivity index (χ4n) is 3.99. The fraction of sp³-hybridized carbons (Fsp3) is 0.857. The lowest BCUT2D eigenvalue weighted by molar-refractivity contribution is -0.134. The molecule has 1 saturated heterocycles. The molecule has 0 aromatic carbocycles. The average Bonchev–Trinajstić information content (AvgIpc) is 2.88. The molecule has 4 heteroatoms. The maximum Gasteiger partial charge on any atom is 0.325 e. The van der Waals surface area contributed by atoms with Crippen molar-refractivity contribution in [1.29, 1.82) is 0 Å². The highest BCUT2D eigenvalue weighted by Crippen LogP contribution is 2.39. The first-order valence-electron chi connectivity index (χ1n) is 7.28. The highest BCUT2D eigenvalue weighted by molar-refractivity contribution is 6.07. The Morgan fingerprint density at radius 1 is 1.17 bits per heavy atom. The van der Waals surface area contributed by atoms with Gasteiger partial charge in [-0.3, -0.25) is 9.69 Å². The predicted molar refractivity (Wildman–Crippen MR) is 68.0 cm³/mol. The topological polar surface area (TPSA) is 49.4 Å². The Morgan fingerprint density at radius 3 is 2.56 bits per heavy atom. The number of rotatable bonds is 1. The Morgan fingerprint density at radius 2 is 1.89 bits per heavy atom. The average molecular weight is 250 g/mol. The molecule has 3 aliphatic rings. The van der Waals surface area contributed by atoms with E-state index in [1.807, 2.05) is 0 Å². The summed E-state index contributed by atoms with van der Waals surface area (Å²) in [4.78, 5) is 26.4. The van der Waals surface area contributed by atoms with Gasteiger partial charge < -0.3 is 5.32 Å². The molecule has 1 aliphatic heterocycles. The molecule has 1 spiro atoms. The first-order chi connectivity index (χ1) is 8.62. The maximum absolute atomic E-state index is 12.7. The molecule has 4 nitrogen and oxygen atoms in total. The van der Waals surface area contributed by atoms with E-state index in [1.54, 1.807) is 4.90 Å². The number of carbonyl (C=O) groups excluding carboxylic acids is 2. The van der Waals surface area contributed by atoms with E-state index in [0.29, 0.717) is 5.92 Å². The van der Waals surface area contributed by atoms with Crippen molar-refractivity contribution < 1.29 is 9.59 Å². The number of carbonyl (C=O) groups is 2. The Kier molecular flexibility index (Phi) is 2.83. The van der Waals surface area contributed by atoms with Gasteiger partial charge in [0, 0.05) is 6.04 Å². The standard InChI is InChI=1S/C14H22N2O2/c1-10-5-4-8-14(9-10)12(17)16(13(18)15-14)11-6-2-3-7-11/h10-11H,2-9H2,1H3,(H,15,18). The molecule has 1 N–H and O–H groups in total. The molecule has 0 aromatic rings. The van der Waals surface area contributed by atoms with Crippen LogP contribution in [0.2, 0.25) is 0 Å². The van der Waals surface area contributed by atoms with Gasteiger partial charge in [0.1, 0.15) is 5.54 Å². The van der Waals surface area contributed by atoms with E-state index in [4.69, 9.17) is 0 Å². The monoisotopic (exact) mass is 250 g/mol. The number of hydrogen-bond acceptors (Lipinski definition) is 2. The van der Waals surface area contributed by atoms with E-state index in [2.05, 4.69) is 12.2 Å². The first-order valence-corrected chi connectivity index (χ1v) is 7.28. The lowest BCUT2D eigenvalue weighted by Crippen LogP contribution is -2.50. The van der Waals surface area contributed by atoms with E-state index < -0.39 is 5.54 Å². The van der Waals surface area contributed by atoms with E-state index in [9.17, 15) is 9.59 Å². The van der Waals surface area contributed by atoms with Gasteiger partial charge in [-0.1, -0.05) is 32.6 Å². The van der Waals surface area contributed by atoms with Gasteiger partial charge in [0.05, 0.1) is 0 Å². The second-order valence-electron chi connectivity index (χ2n) is 6.33. The molecule has 3 fully saturated rings. The Bertz CT molecular complexity index is 376. The smallest absolute Gasteiger partial charge is 0.323 e. The SMILES string of the molecule is CC1CCCC2(C1)NC(=O)N(C1CCCC1)C2=O. The minimum atomic E-state index is -0.558. The van der Waals surface area contributed by atoms with Crippen LogP contribution in [0.4, 0.5) is 4.79 Å². The van der Waals surface area contributed by atoms with Crippen LogP contribution >= 0.6 is 0 Å². The Hall–Kier alpha value is -1.06. The number of amides is 3. The van der Waals surface area contributed by atoms with E-state index in [1.165, 1.54) is 6.42 Å². The third-order valence-electron chi connectivity index (χ3n) is 4.88. The lowest BCUT2D eigenvalue weighted by atomic mass is 9.76. The van der Waals surface area contributed by atoms with Gasteiger partial charge in [-0.25, -0.2) is 4.79 Å². The predicted octanol–water partition coefficient (Wildman–Crippen LogP) is 2.43. The maximum atomic E-state index is 12.7. The van der Waals surface area contributed by atoms with Gasteiger partial charge in [-0.05, 0) is 31.6 Å². The van der Waals surface area contributed by atoms with Crippen LogP contribution in [0.5, 0.6) is 0 Å². The molecule has 0 aromatic heterocycles. The molecule has 0 radical (unpaired) electrons. The van der Waals surface area contributed by atoms with Crippen LogP contribution in [0, 0.1) is 5.92 Å². The lowest BCUT2D eigenvalue weighted by Gasteiger charge is -2.34. The largest absolute Gasteiger partial charge is 0.325 e. The zero-order chi connectivity index (χ0) is 12.8. The van der Waals surface area contributed by atoms with Crippen LogP contribution in [0.25, 0.3) is 0 Å². The summed E-state index contributed by atoms with van der Waals surface area (Å²) in [6.07, 6.45) is 8.14. The Labute approximate surface area is 108 Å². The molecular weight excluding hydrogens is 228 g/mol. The van der Waals surface area contributed by atoms with Crippen molar-refractivity contribution in [3.63, 3.8) is 0 Å². The zero-order valence-corrected chi connectivity index (χ0v) is 11.1. The van der Waals surface area contributed by atoms with Crippen LogP contribution in [-0.2, 0) is 4.79 Å². The number of hydrogen-bond donors (Lipinski definition) is 1. The van der Waals surface area contributed by atoms with Crippen molar-refractivity contribution in [1.82, 2.24) is 10.2 Å². The molecule has 2 atom stereocenters. The van der Waals surface area contributed by atoms with Crippen molar-refractivity contribution in [2.24, 2.45) is 5.92 Å². The number of imide groups is 1. The van der Waals surface area contributed by atoms with Crippen LogP contribution in [0.3, 0.4) is 0 Å². The third kappa shape index (κ3) is 1.73. The molecule has 100 valence electrons. The summed E-state index contributed by atoms with van der Waals surface area (Å²) in [7, 11) is 0. The summed E-state index contributed by atoms with van der Waals surface area (Å²) in [5.74, 6) is 0.595. The quantitative estimate of drug-likeness (QED) is 0.727. The van der Waals surface area contributed by atoms with Gasteiger partial charge in [-0.2, -0.15) is 0 Å². The molecule has 2 unspecified atom stereocenters. The second kappa shape index (κ2) is 4.25. The normalized spacial score (nSPS) is 37.6. The summed E-state index contributed by atoms with van der Waals surface area (Å²) >= 11 is 0. The Balaban J connectivity index is 1.83. The summed E-state index contributed by atoms with van der Waals surface area (Å²) in [6, 6.07) is 0.0232. The van der Waals surface area contributed by atoms with Crippen LogP contribution in [0.15, 0.2) is 0 Å². The van der Waals surface area contributed by atoms with Crippen LogP contribution in [-0.4, -0.2) is 28.4 Å². The van der Waals surface area contributed by atoms with E-state index in [-0.39, 0.29) is 18.0 Å². The fourth-order valence-corrected chi connectivity index (χ4v) is 3.99. The molecule has 3 rings (SSSR count). The molecule has 1 heterocycles. The van der Waals surface area contributed by atoms with Gasteiger partial charge in [-0.15, -0.1) is 0 Å². The number of nitrogens with one attached hydrogen (secondary N) is 1. The van der Waals surface area contributed by atoms with Crippen molar-refractivity contribution in [2.75, 3.05) is 0 Å². The minimum absolute atomic E-state index is 0.0611. The first kappa shape index (κ1) is 12.0. The summed E-state index contributed by atoms with van der Waals surface area (Å²) < 4.78 is 0. The van der Waals surface area contributed by atoms with E-state index in [0.717, 1.165) is 44.9 Å². The van der Waals surface area contributed by atoms with Crippen LogP contribution < -0.4 is 5.32 Å². The summed E-state index contributed by atoms with van der Waals surface area (Å²) in [5.41, 5.74) is -0.558. The van der Waals surface area contributed by atoms with Crippen LogP contribution in [0.1, 0.15) is 58.3 Å². The molecule has 3 amide bonds.